The molecule has 26 heavy (non-hydrogen) atoms. The number of urea groups is 1. The van der Waals surface area contributed by atoms with Gasteiger partial charge in [0.1, 0.15) is 5.76 Å². The zero-order chi connectivity index (χ0) is 18.2. The fourth-order valence-electron chi connectivity index (χ4n) is 3.22. The Kier molecular flexibility index (Phi) is 6.68. The summed E-state index contributed by atoms with van der Waals surface area (Å²) in [4.78, 5) is 16.6. The maximum atomic E-state index is 12.5. The van der Waals surface area contributed by atoms with Gasteiger partial charge in [-0.15, -0.1) is 0 Å². The first-order chi connectivity index (χ1) is 12.8. The van der Waals surface area contributed by atoms with Crippen molar-refractivity contribution in [3.05, 3.63) is 59.5 Å². The van der Waals surface area contributed by atoms with Crippen molar-refractivity contribution < 1.29 is 13.9 Å². The summed E-state index contributed by atoms with van der Waals surface area (Å²) in [6.45, 7) is 4.93. The van der Waals surface area contributed by atoms with Crippen LogP contribution in [0.4, 0.5) is 4.79 Å². The number of furan rings is 1. The first-order valence-electron chi connectivity index (χ1n) is 9.09. The summed E-state index contributed by atoms with van der Waals surface area (Å²) in [6.07, 6.45) is 2.69. The Morgan fingerprint density at radius 1 is 1.27 bits per heavy atom. The lowest BCUT2D eigenvalue weighted by Crippen LogP contribution is -2.44. The van der Waals surface area contributed by atoms with Gasteiger partial charge in [0.2, 0.25) is 0 Å². The van der Waals surface area contributed by atoms with E-state index in [1.54, 1.807) is 18.3 Å². The number of nitrogens with one attached hydrogen (secondary N) is 1. The molecule has 0 fully saturated rings. The molecule has 0 spiro atoms. The standard InChI is InChI=1S/C20H27N3O3/c1-25-14-12-23(16-19-7-4-13-26-19)20(24)21-9-11-22-10-8-17-5-2-3-6-18(17)15-22/h2-7,13H,8-12,14-16H2,1H3,(H,21,24). The number of carbonyl (C=O) groups is 1. The van der Waals surface area contributed by atoms with Crippen LogP contribution in [-0.4, -0.2) is 55.7 Å². The molecule has 1 aromatic heterocycles. The van der Waals surface area contributed by atoms with Crippen molar-refractivity contribution in [3.63, 3.8) is 0 Å². The molecule has 6 heteroatoms. The summed E-state index contributed by atoms with van der Waals surface area (Å²) in [5.74, 6) is 0.767. The van der Waals surface area contributed by atoms with Crippen LogP contribution in [0.1, 0.15) is 16.9 Å². The fraction of sp³-hybridized carbons (Fsp3) is 0.450. The number of rotatable bonds is 8. The highest BCUT2D eigenvalue weighted by atomic mass is 16.5. The molecule has 0 saturated carbocycles. The Morgan fingerprint density at radius 3 is 2.88 bits per heavy atom. The Morgan fingerprint density at radius 2 is 2.12 bits per heavy atom. The number of hydrogen-bond acceptors (Lipinski definition) is 4. The van der Waals surface area contributed by atoms with Gasteiger partial charge in [-0.1, -0.05) is 24.3 Å². The molecule has 0 radical (unpaired) electrons. The molecule has 2 aromatic rings. The van der Waals surface area contributed by atoms with E-state index in [1.807, 2.05) is 12.1 Å². The van der Waals surface area contributed by atoms with E-state index in [-0.39, 0.29) is 6.03 Å². The van der Waals surface area contributed by atoms with Crippen molar-refractivity contribution >= 4 is 6.03 Å². The van der Waals surface area contributed by atoms with Gasteiger partial charge in [0.05, 0.1) is 19.4 Å². The Labute approximate surface area is 154 Å². The molecule has 6 nitrogen and oxygen atoms in total. The molecule has 2 amide bonds. The molecule has 0 aliphatic carbocycles. The third-order valence-electron chi connectivity index (χ3n) is 4.69. The summed E-state index contributed by atoms with van der Waals surface area (Å²) in [6, 6.07) is 12.2. The average Bonchev–Trinajstić information content (AvgIpc) is 3.18. The lowest BCUT2D eigenvalue weighted by Gasteiger charge is -2.29. The van der Waals surface area contributed by atoms with E-state index in [1.165, 1.54) is 11.1 Å². The largest absolute Gasteiger partial charge is 0.467 e. The molecule has 1 aliphatic rings. The van der Waals surface area contributed by atoms with Gasteiger partial charge in [0.25, 0.3) is 0 Å². The van der Waals surface area contributed by atoms with Crippen LogP contribution in [0.3, 0.4) is 0 Å². The zero-order valence-corrected chi connectivity index (χ0v) is 15.3. The van der Waals surface area contributed by atoms with Crippen LogP contribution in [0.15, 0.2) is 47.1 Å². The molecule has 0 atom stereocenters. The number of benzene rings is 1. The lowest BCUT2D eigenvalue weighted by molar-refractivity contribution is 0.142. The molecule has 3 rings (SSSR count). The van der Waals surface area contributed by atoms with Gasteiger partial charge in [0, 0.05) is 39.8 Å². The smallest absolute Gasteiger partial charge is 0.317 e. The summed E-state index contributed by atoms with van der Waals surface area (Å²) >= 11 is 0. The third-order valence-corrected chi connectivity index (χ3v) is 4.69. The van der Waals surface area contributed by atoms with Crippen LogP contribution in [0.2, 0.25) is 0 Å². The van der Waals surface area contributed by atoms with Crippen LogP contribution in [0, 0.1) is 0 Å². The number of amides is 2. The molecular weight excluding hydrogens is 330 g/mol. The van der Waals surface area contributed by atoms with Gasteiger partial charge in [0.15, 0.2) is 0 Å². The van der Waals surface area contributed by atoms with E-state index in [4.69, 9.17) is 9.15 Å². The predicted octanol–water partition coefficient (Wildman–Crippen LogP) is 2.50. The molecule has 0 bridgehead atoms. The quantitative estimate of drug-likeness (QED) is 0.789. The molecule has 140 valence electrons. The number of nitrogens with zero attached hydrogens (tertiary/aromatic N) is 2. The second-order valence-corrected chi connectivity index (χ2v) is 6.52. The highest BCUT2D eigenvalue weighted by molar-refractivity contribution is 5.74. The topological polar surface area (TPSA) is 58.0 Å². The van der Waals surface area contributed by atoms with Gasteiger partial charge in [-0.2, -0.15) is 0 Å². The lowest BCUT2D eigenvalue weighted by atomic mass is 10.00. The number of fused-ring (bicyclic) bond motifs is 1. The van der Waals surface area contributed by atoms with Gasteiger partial charge in [-0.05, 0) is 29.7 Å². The monoisotopic (exact) mass is 357 g/mol. The van der Waals surface area contributed by atoms with Crippen LogP contribution in [-0.2, 0) is 24.2 Å². The Balaban J connectivity index is 1.45. The van der Waals surface area contributed by atoms with Gasteiger partial charge >= 0.3 is 6.03 Å². The van der Waals surface area contributed by atoms with E-state index in [9.17, 15) is 4.79 Å². The zero-order valence-electron chi connectivity index (χ0n) is 15.3. The highest BCUT2D eigenvalue weighted by Crippen LogP contribution is 2.17. The van der Waals surface area contributed by atoms with Gasteiger partial charge in [-0.3, -0.25) is 4.90 Å². The molecule has 1 aromatic carbocycles. The molecule has 0 unspecified atom stereocenters. The van der Waals surface area contributed by atoms with E-state index in [2.05, 4.69) is 34.5 Å². The van der Waals surface area contributed by atoms with Crippen molar-refractivity contribution in [1.82, 2.24) is 15.1 Å². The van der Waals surface area contributed by atoms with Gasteiger partial charge < -0.3 is 19.4 Å². The molecule has 1 aliphatic heterocycles. The molecule has 2 heterocycles. The number of methoxy groups -OCH3 is 1. The summed E-state index contributed by atoms with van der Waals surface area (Å²) < 4.78 is 10.5. The summed E-state index contributed by atoms with van der Waals surface area (Å²) in [5, 5.41) is 3.02. The molecular formula is C20H27N3O3. The number of carbonyl (C=O) groups excluding carboxylic acids is 1. The van der Waals surface area contributed by atoms with Crippen LogP contribution < -0.4 is 5.32 Å². The van der Waals surface area contributed by atoms with Crippen molar-refractivity contribution in [1.29, 1.82) is 0 Å². The minimum absolute atomic E-state index is 0.0872. The fourth-order valence-corrected chi connectivity index (χ4v) is 3.22. The van der Waals surface area contributed by atoms with E-state index >= 15 is 0 Å². The van der Waals surface area contributed by atoms with Crippen LogP contribution in [0.5, 0.6) is 0 Å². The maximum Gasteiger partial charge on any atom is 0.317 e. The minimum Gasteiger partial charge on any atom is -0.467 e. The molecule has 1 N–H and O–H groups in total. The predicted molar refractivity (Wildman–Crippen MR) is 99.8 cm³/mol. The maximum absolute atomic E-state index is 12.5. The SMILES string of the molecule is COCCN(Cc1ccco1)C(=O)NCCN1CCc2ccccc2C1. The second kappa shape index (κ2) is 9.40. The van der Waals surface area contributed by atoms with Crippen molar-refractivity contribution in [3.8, 4) is 0 Å². The highest BCUT2D eigenvalue weighted by Gasteiger charge is 2.17. The first-order valence-corrected chi connectivity index (χ1v) is 9.09. The second-order valence-electron chi connectivity index (χ2n) is 6.52. The first kappa shape index (κ1) is 18.5. The summed E-state index contributed by atoms with van der Waals surface area (Å²) in [7, 11) is 1.64. The molecule has 0 saturated heterocycles. The summed E-state index contributed by atoms with van der Waals surface area (Å²) in [5.41, 5.74) is 2.83. The van der Waals surface area contributed by atoms with Crippen LogP contribution >= 0.6 is 0 Å². The Bertz CT molecular complexity index is 687. The number of hydrogen-bond donors (Lipinski definition) is 1. The third kappa shape index (κ3) is 5.09. The normalized spacial score (nSPS) is 14.0. The minimum atomic E-state index is -0.0872. The van der Waals surface area contributed by atoms with Crippen molar-refractivity contribution in [2.75, 3.05) is 39.9 Å². The van der Waals surface area contributed by atoms with Crippen molar-refractivity contribution in [2.45, 2.75) is 19.5 Å². The van der Waals surface area contributed by atoms with E-state index in [0.717, 1.165) is 31.8 Å². The van der Waals surface area contributed by atoms with E-state index < -0.39 is 0 Å². The number of ether oxygens (including phenoxy) is 1. The Hall–Kier alpha value is -2.31. The van der Waals surface area contributed by atoms with Crippen molar-refractivity contribution in [2.24, 2.45) is 0 Å². The van der Waals surface area contributed by atoms with E-state index in [0.29, 0.717) is 26.2 Å². The van der Waals surface area contributed by atoms with Gasteiger partial charge in [-0.25, -0.2) is 4.79 Å². The van der Waals surface area contributed by atoms with Crippen LogP contribution in [0.25, 0.3) is 0 Å². The average molecular weight is 357 g/mol.